The molecule has 1 aliphatic heterocycles. The fraction of sp³-hybridized carbons (Fsp3) is 0.400. The van der Waals surface area contributed by atoms with Crippen molar-refractivity contribution in [2.24, 2.45) is 0 Å². The van der Waals surface area contributed by atoms with E-state index in [2.05, 4.69) is 15.2 Å². The van der Waals surface area contributed by atoms with Gasteiger partial charge < -0.3 is 10.2 Å². The van der Waals surface area contributed by atoms with Crippen LogP contribution in [0.25, 0.3) is 0 Å². The maximum atomic E-state index is 12.9. The summed E-state index contributed by atoms with van der Waals surface area (Å²) in [5.41, 5.74) is 1.55. The lowest BCUT2D eigenvalue weighted by Gasteiger charge is -2.29. The number of hydrogen-bond donors (Lipinski definition) is 1. The molecule has 3 rings (SSSR count). The van der Waals surface area contributed by atoms with Crippen LogP contribution in [0.5, 0.6) is 0 Å². The SMILES string of the molecule is Cc1ccc(NC(=O)c2cccnc2N2CCCCC2)cc1S(=O)(=O)N(C)C. The second-order valence-electron chi connectivity index (χ2n) is 7.14. The summed E-state index contributed by atoms with van der Waals surface area (Å²) < 4.78 is 26.2. The Morgan fingerprint density at radius 3 is 2.54 bits per heavy atom. The first-order valence-electron chi connectivity index (χ1n) is 9.35. The molecular weight excluding hydrogens is 376 g/mol. The van der Waals surface area contributed by atoms with Crippen molar-refractivity contribution in [1.82, 2.24) is 9.29 Å². The first-order chi connectivity index (χ1) is 13.3. The van der Waals surface area contributed by atoms with Crippen molar-refractivity contribution in [1.29, 1.82) is 0 Å². The average molecular weight is 403 g/mol. The van der Waals surface area contributed by atoms with E-state index in [1.807, 2.05) is 0 Å². The number of rotatable bonds is 5. The molecule has 150 valence electrons. The summed E-state index contributed by atoms with van der Waals surface area (Å²) >= 11 is 0. The Morgan fingerprint density at radius 1 is 1.14 bits per heavy atom. The number of aromatic nitrogens is 1. The topological polar surface area (TPSA) is 82.6 Å². The summed E-state index contributed by atoms with van der Waals surface area (Å²) in [4.78, 5) is 19.7. The Morgan fingerprint density at radius 2 is 1.86 bits per heavy atom. The normalized spacial score (nSPS) is 14.9. The Hall–Kier alpha value is -2.45. The van der Waals surface area contributed by atoms with Gasteiger partial charge >= 0.3 is 0 Å². The number of aryl methyl sites for hydroxylation is 1. The van der Waals surface area contributed by atoms with Crippen LogP contribution in [0, 0.1) is 6.92 Å². The van der Waals surface area contributed by atoms with Crippen molar-refractivity contribution in [2.45, 2.75) is 31.1 Å². The molecule has 0 radical (unpaired) electrons. The first-order valence-corrected chi connectivity index (χ1v) is 10.8. The largest absolute Gasteiger partial charge is 0.356 e. The van der Waals surface area contributed by atoms with Gasteiger partial charge in [-0.1, -0.05) is 6.07 Å². The molecular formula is C20H26N4O3S. The molecule has 0 saturated carbocycles. The number of piperidine rings is 1. The van der Waals surface area contributed by atoms with Crippen LogP contribution in [0.15, 0.2) is 41.4 Å². The third kappa shape index (κ3) is 4.18. The molecule has 28 heavy (non-hydrogen) atoms. The Kier molecular flexibility index (Phi) is 6.00. The highest BCUT2D eigenvalue weighted by Crippen LogP contribution is 2.25. The zero-order valence-corrected chi connectivity index (χ0v) is 17.3. The standard InChI is InChI=1S/C20H26N4O3S/c1-15-9-10-16(14-18(15)28(26,27)23(2)3)22-20(25)17-8-7-11-21-19(17)24-12-5-4-6-13-24/h7-11,14H,4-6,12-13H2,1-3H3,(H,22,25). The van der Waals surface area contributed by atoms with E-state index in [9.17, 15) is 13.2 Å². The predicted molar refractivity (Wildman–Crippen MR) is 110 cm³/mol. The lowest BCUT2D eigenvalue weighted by molar-refractivity contribution is 0.102. The smallest absolute Gasteiger partial charge is 0.259 e. The second-order valence-corrected chi connectivity index (χ2v) is 9.26. The van der Waals surface area contributed by atoms with Gasteiger partial charge in [0.2, 0.25) is 10.0 Å². The van der Waals surface area contributed by atoms with Crippen molar-refractivity contribution in [3.8, 4) is 0 Å². The van der Waals surface area contributed by atoms with Crippen LogP contribution >= 0.6 is 0 Å². The molecule has 1 aromatic carbocycles. The lowest BCUT2D eigenvalue weighted by atomic mass is 10.1. The molecule has 1 fully saturated rings. The minimum Gasteiger partial charge on any atom is -0.356 e. The minimum atomic E-state index is -3.59. The quantitative estimate of drug-likeness (QED) is 0.832. The number of carbonyl (C=O) groups excluding carboxylic acids is 1. The maximum absolute atomic E-state index is 12.9. The molecule has 2 heterocycles. The van der Waals surface area contributed by atoms with Crippen LogP contribution in [0.3, 0.4) is 0 Å². The summed E-state index contributed by atoms with van der Waals surface area (Å²) in [6.45, 7) is 3.50. The van der Waals surface area contributed by atoms with E-state index in [1.54, 1.807) is 37.4 Å². The van der Waals surface area contributed by atoms with Gasteiger partial charge in [0, 0.05) is 39.1 Å². The molecule has 1 N–H and O–H groups in total. The van der Waals surface area contributed by atoms with E-state index in [1.165, 1.54) is 26.6 Å². The predicted octanol–water partition coefficient (Wildman–Crippen LogP) is 2.88. The Labute approximate surface area is 166 Å². The zero-order chi connectivity index (χ0) is 20.3. The number of sulfonamides is 1. The van der Waals surface area contributed by atoms with E-state index in [0.29, 0.717) is 22.6 Å². The highest BCUT2D eigenvalue weighted by Gasteiger charge is 2.22. The average Bonchev–Trinajstić information content (AvgIpc) is 2.69. The van der Waals surface area contributed by atoms with Gasteiger partial charge in [-0.05, 0) is 56.0 Å². The number of amides is 1. The molecule has 0 unspecified atom stereocenters. The van der Waals surface area contributed by atoms with Gasteiger partial charge in [0.1, 0.15) is 5.82 Å². The molecule has 0 atom stereocenters. The van der Waals surface area contributed by atoms with Crippen molar-refractivity contribution in [3.05, 3.63) is 47.7 Å². The molecule has 1 aromatic heterocycles. The van der Waals surface area contributed by atoms with Gasteiger partial charge in [-0.2, -0.15) is 0 Å². The van der Waals surface area contributed by atoms with Gasteiger partial charge in [0.25, 0.3) is 5.91 Å². The number of hydrogen-bond acceptors (Lipinski definition) is 5. The highest BCUT2D eigenvalue weighted by molar-refractivity contribution is 7.89. The molecule has 7 nitrogen and oxygen atoms in total. The monoisotopic (exact) mass is 402 g/mol. The van der Waals surface area contributed by atoms with E-state index in [0.717, 1.165) is 30.2 Å². The zero-order valence-electron chi connectivity index (χ0n) is 16.5. The van der Waals surface area contributed by atoms with Crippen LogP contribution in [0.1, 0.15) is 35.2 Å². The van der Waals surface area contributed by atoms with E-state index >= 15 is 0 Å². The summed E-state index contributed by atoms with van der Waals surface area (Å²) in [6.07, 6.45) is 5.05. The first kappa shape index (κ1) is 20.3. The molecule has 0 aliphatic carbocycles. The fourth-order valence-corrected chi connectivity index (χ4v) is 4.43. The second kappa shape index (κ2) is 8.28. The van der Waals surface area contributed by atoms with Crippen LogP contribution in [0.2, 0.25) is 0 Å². The van der Waals surface area contributed by atoms with Crippen LogP contribution in [0.4, 0.5) is 11.5 Å². The van der Waals surface area contributed by atoms with Crippen LogP contribution < -0.4 is 10.2 Å². The third-order valence-corrected chi connectivity index (χ3v) is 6.85. The summed E-state index contributed by atoms with van der Waals surface area (Å²) in [5.74, 6) is 0.374. The number of benzene rings is 1. The van der Waals surface area contributed by atoms with Crippen molar-refractivity contribution < 1.29 is 13.2 Å². The number of nitrogens with zero attached hydrogens (tertiary/aromatic N) is 3. The third-order valence-electron chi connectivity index (χ3n) is 4.89. The van der Waals surface area contributed by atoms with Crippen molar-refractivity contribution in [2.75, 3.05) is 37.4 Å². The molecule has 1 aliphatic rings. The van der Waals surface area contributed by atoms with Gasteiger partial charge in [0.05, 0.1) is 10.5 Å². The number of pyridine rings is 1. The minimum absolute atomic E-state index is 0.178. The Bertz CT molecular complexity index is 967. The van der Waals surface area contributed by atoms with E-state index < -0.39 is 10.0 Å². The molecule has 8 heteroatoms. The summed E-state index contributed by atoms with van der Waals surface area (Å²) in [5, 5.41) is 2.83. The van der Waals surface area contributed by atoms with E-state index in [-0.39, 0.29) is 10.8 Å². The number of carbonyl (C=O) groups is 1. The summed E-state index contributed by atoms with van der Waals surface area (Å²) in [7, 11) is -0.621. The molecule has 2 aromatic rings. The molecule has 0 spiro atoms. The maximum Gasteiger partial charge on any atom is 0.259 e. The Balaban J connectivity index is 1.89. The van der Waals surface area contributed by atoms with Crippen LogP contribution in [-0.2, 0) is 10.0 Å². The van der Waals surface area contributed by atoms with Gasteiger partial charge in [0.15, 0.2) is 0 Å². The fourth-order valence-electron chi connectivity index (χ4n) is 3.28. The lowest BCUT2D eigenvalue weighted by Crippen LogP contribution is -2.32. The summed E-state index contributed by atoms with van der Waals surface area (Å²) in [6, 6.07) is 8.39. The molecule has 1 amide bonds. The van der Waals surface area contributed by atoms with Crippen molar-refractivity contribution >= 4 is 27.4 Å². The van der Waals surface area contributed by atoms with Gasteiger partial charge in [-0.3, -0.25) is 4.79 Å². The van der Waals surface area contributed by atoms with Crippen molar-refractivity contribution in [3.63, 3.8) is 0 Å². The van der Waals surface area contributed by atoms with Gasteiger partial charge in [-0.25, -0.2) is 17.7 Å². The molecule has 0 bridgehead atoms. The highest BCUT2D eigenvalue weighted by atomic mass is 32.2. The van der Waals surface area contributed by atoms with Crippen LogP contribution in [-0.4, -0.2) is 50.8 Å². The van der Waals surface area contributed by atoms with Gasteiger partial charge in [-0.15, -0.1) is 0 Å². The number of anilines is 2. The van der Waals surface area contributed by atoms with E-state index in [4.69, 9.17) is 0 Å². The molecule has 1 saturated heterocycles. The number of nitrogens with one attached hydrogen (secondary N) is 1.